The summed E-state index contributed by atoms with van der Waals surface area (Å²) in [6.07, 6.45) is 1.39. The van der Waals surface area contributed by atoms with Gasteiger partial charge < -0.3 is 15.5 Å². The molecule has 0 radical (unpaired) electrons. The first kappa shape index (κ1) is 13.9. The number of aromatic nitrogens is 2. The van der Waals surface area contributed by atoms with Gasteiger partial charge in [-0.3, -0.25) is 0 Å². The molecule has 0 aliphatic rings. The van der Waals surface area contributed by atoms with Crippen molar-refractivity contribution in [1.82, 2.24) is 9.97 Å². The second-order valence-electron chi connectivity index (χ2n) is 3.50. The zero-order chi connectivity index (χ0) is 13.8. The Morgan fingerprint density at radius 2 is 2.05 bits per heavy atom. The van der Waals surface area contributed by atoms with E-state index >= 15 is 0 Å². The molecule has 0 saturated carbocycles. The number of hydrogen-bond acceptors (Lipinski definition) is 6. The average molecular weight is 345 g/mol. The van der Waals surface area contributed by atoms with Gasteiger partial charge in [0.2, 0.25) is 0 Å². The van der Waals surface area contributed by atoms with Crippen molar-refractivity contribution in [3.8, 4) is 5.75 Å². The molecule has 0 atom stereocenters. The highest BCUT2D eigenvalue weighted by Gasteiger charge is 2.10. The molecule has 6 nitrogen and oxygen atoms in total. The molecule has 0 saturated heterocycles. The van der Waals surface area contributed by atoms with Crippen LogP contribution in [0, 0.1) is 0 Å². The van der Waals surface area contributed by atoms with Crippen molar-refractivity contribution in [2.45, 2.75) is 0 Å². The molecule has 0 aliphatic carbocycles. The van der Waals surface area contributed by atoms with Gasteiger partial charge in [0.1, 0.15) is 22.4 Å². The second kappa shape index (κ2) is 6.05. The summed E-state index contributed by atoms with van der Waals surface area (Å²) < 4.78 is 5.75. The maximum absolute atomic E-state index is 6.11. The minimum Gasteiger partial charge on any atom is -0.497 e. The molecule has 0 spiro atoms. The number of ether oxygens (including phenoxy) is 1. The summed E-state index contributed by atoms with van der Waals surface area (Å²) in [4.78, 5) is 8.08. The van der Waals surface area contributed by atoms with Gasteiger partial charge in [-0.25, -0.2) is 15.8 Å². The topological polar surface area (TPSA) is 85.1 Å². The molecule has 2 rings (SSSR count). The summed E-state index contributed by atoms with van der Waals surface area (Å²) in [6.45, 7) is 0. The van der Waals surface area contributed by atoms with Crippen molar-refractivity contribution in [1.29, 1.82) is 0 Å². The van der Waals surface area contributed by atoms with Crippen LogP contribution in [0.4, 0.5) is 17.3 Å². The zero-order valence-electron chi connectivity index (χ0n) is 9.95. The lowest BCUT2D eigenvalue weighted by Crippen LogP contribution is -2.10. The largest absolute Gasteiger partial charge is 0.497 e. The number of hydrogen-bond donors (Lipinski definition) is 3. The summed E-state index contributed by atoms with van der Waals surface area (Å²) in [5.74, 6) is 7.04. The lowest BCUT2D eigenvalue weighted by atomic mass is 10.3. The number of nitrogens with two attached hydrogens (primary N) is 1. The molecule has 0 fully saturated rings. The highest BCUT2D eigenvalue weighted by molar-refractivity contribution is 9.10. The maximum atomic E-state index is 6.11. The second-order valence-corrected chi connectivity index (χ2v) is 4.70. The molecule has 1 aromatic heterocycles. The number of nitrogens with one attached hydrogen (secondary N) is 2. The lowest BCUT2D eigenvalue weighted by molar-refractivity contribution is 0.415. The van der Waals surface area contributed by atoms with Crippen LogP contribution in [0.2, 0.25) is 5.02 Å². The molecule has 0 amide bonds. The summed E-state index contributed by atoms with van der Waals surface area (Å²) in [7, 11) is 1.59. The summed E-state index contributed by atoms with van der Waals surface area (Å²) in [6, 6.07) is 5.28. The van der Waals surface area contributed by atoms with Crippen LogP contribution < -0.4 is 21.3 Å². The van der Waals surface area contributed by atoms with E-state index in [2.05, 4.69) is 36.6 Å². The maximum Gasteiger partial charge on any atom is 0.159 e. The van der Waals surface area contributed by atoms with E-state index in [0.29, 0.717) is 32.6 Å². The standard InChI is InChI=1S/C11H11BrClN5O/c1-19-6-2-3-7(13)8(4-6)17-10-9(12)11(18-14)16-5-15-10/h2-5H,14H2,1H3,(H2,15,16,17,18). The van der Waals surface area contributed by atoms with Crippen molar-refractivity contribution in [3.63, 3.8) is 0 Å². The van der Waals surface area contributed by atoms with Gasteiger partial charge in [0.25, 0.3) is 0 Å². The van der Waals surface area contributed by atoms with Crippen molar-refractivity contribution < 1.29 is 4.74 Å². The highest BCUT2D eigenvalue weighted by atomic mass is 79.9. The Morgan fingerprint density at radius 3 is 2.74 bits per heavy atom. The van der Waals surface area contributed by atoms with Gasteiger partial charge in [-0.15, -0.1) is 0 Å². The van der Waals surface area contributed by atoms with Crippen LogP contribution in [-0.2, 0) is 0 Å². The summed E-state index contributed by atoms with van der Waals surface area (Å²) >= 11 is 9.47. The average Bonchev–Trinajstić information content (AvgIpc) is 2.43. The number of halogens is 2. The first-order valence-corrected chi connectivity index (χ1v) is 6.40. The van der Waals surface area contributed by atoms with Crippen LogP contribution in [0.25, 0.3) is 0 Å². The SMILES string of the molecule is COc1ccc(Cl)c(Nc2ncnc(NN)c2Br)c1. The molecule has 8 heteroatoms. The molecule has 100 valence electrons. The van der Waals surface area contributed by atoms with Gasteiger partial charge in [-0.2, -0.15) is 0 Å². The predicted octanol–water partition coefficient (Wildman–Crippen LogP) is 2.93. The fourth-order valence-corrected chi connectivity index (χ4v) is 2.00. The van der Waals surface area contributed by atoms with Crippen molar-refractivity contribution in [2.75, 3.05) is 17.9 Å². The van der Waals surface area contributed by atoms with Gasteiger partial charge in [0.15, 0.2) is 5.82 Å². The van der Waals surface area contributed by atoms with Crippen LogP contribution in [0.15, 0.2) is 29.0 Å². The first-order chi connectivity index (χ1) is 9.15. The highest BCUT2D eigenvalue weighted by Crippen LogP contribution is 2.33. The number of benzene rings is 1. The van der Waals surface area contributed by atoms with Crippen molar-refractivity contribution in [3.05, 3.63) is 34.0 Å². The van der Waals surface area contributed by atoms with Crippen LogP contribution in [0.1, 0.15) is 0 Å². The Kier molecular flexibility index (Phi) is 4.41. The van der Waals surface area contributed by atoms with Gasteiger partial charge >= 0.3 is 0 Å². The number of rotatable bonds is 4. The van der Waals surface area contributed by atoms with Crippen LogP contribution in [0.5, 0.6) is 5.75 Å². The molecule has 4 N–H and O–H groups in total. The fourth-order valence-electron chi connectivity index (χ4n) is 1.41. The predicted molar refractivity (Wildman–Crippen MR) is 78.8 cm³/mol. The van der Waals surface area contributed by atoms with E-state index in [4.69, 9.17) is 22.2 Å². The Morgan fingerprint density at radius 1 is 1.32 bits per heavy atom. The third kappa shape index (κ3) is 3.06. The van der Waals surface area contributed by atoms with Gasteiger partial charge in [-0.1, -0.05) is 11.6 Å². The Labute approximate surface area is 123 Å². The lowest BCUT2D eigenvalue weighted by Gasteiger charge is -2.12. The quantitative estimate of drug-likeness (QED) is 0.584. The number of methoxy groups -OCH3 is 1. The normalized spacial score (nSPS) is 10.1. The van der Waals surface area contributed by atoms with Gasteiger partial charge in [-0.05, 0) is 28.1 Å². The molecule has 0 bridgehead atoms. The molecule has 0 aliphatic heterocycles. The molecule has 1 aromatic carbocycles. The summed E-state index contributed by atoms with van der Waals surface area (Å²) in [5, 5.41) is 3.63. The van der Waals surface area contributed by atoms with E-state index in [1.54, 1.807) is 25.3 Å². The number of anilines is 3. The molecule has 19 heavy (non-hydrogen) atoms. The number of nitrogen functional groups attached to an aromatic ring is 1. The smallest absolute Gasteiger partial charge is 0.159 e. The van der Waals surface area contributed by atoms with E-state index in [1.807, 2.05) is 0 Å². The summed E-state index contributed by atoms with van der Waals surface area (Å²) in [5.41, 5.74) is 3.13. The molecule has 0 unspecified atom stereocenters. The van der Waals surface area contributed by atoms with E-state index in [1.165, 1.54) is 6.33 Å². The molecular weight excluding hydrogens is 334 g/mol. The Hall–Kier alpha value is -1.57. The molecular formula is C11H11BrClN5O. The van der Waals surface area contributed by atoms with E-state index in [9.17, 15) is 0 Å². The van der Waals surface area contributed by atoms with Gasteiger partial charge in [0.05, 0.1) is 17.8 Å². The Bertz CT molecular complexity index is 595. The minimum absolute atomic E-state index is 0.469. The first-order valence-electron chi connectivity index (χ1n) is 5.23. The van der Waals surface area contributed by atoms with Crippen molar-refractivity contribution >= 4 is 44.9 Å². The van der Waals surface area contributed by atoms with E-state index in [0.717, 1.165) is 0 Å². The van der Waals surface area contributed by atoms with Crippen molar-refractivity contribution in [2.24, 2.45) is 5.84 Å². The third-order valence-electron chi connectivity index (χ3n) is 2.35. The van der Waals surface area contributed by atoms with E-state index in [-0.39, 0.29) is 0 Å². The van der Waals surface area contributed by atoms with Crippen LogP contribution >= 0.6 is 27.5 Å². The van der Waals surface area contributed by atoms with E-state index < -0.39 is 0 Å². The van der Waals surface area contributed by atoms with Crippen LogP contribution in [0.3, 0.4) is 0 Å². The zero-order valence-corrected chi connectivity index (χ0v) is 12.3. The Balaban J connectivity index is 2.36. The molecule has 2 aromatic rings. The van der Waals surface area contributed by atoms with Gasteiger partial charge in [0, 0.05) is 6.07 Å². The fraction of sp³-hybridized carbons (Fsp3) is 0.0909. The molecule has 1 heterocycles. The number of nitrogens with zero attached hydrogens (tertiary/aromatic N) is 2. The minimum atomic E-state index is 0.469. The van der Waals surface area contributed by atoms with Crippen LogP contribution in [-0.4, -0.2) is 17.1 Å². The third-order valence-corrected chi connectivity index (χ3v) is 3.43. The number of hydrazine groups is 1. The monoisotopic (exact) mass is 343 g/mol.